The minimum Gasteiger partial charge on any atom is -0.619 e. The van der Waals surface area contributed by atoms with E-state index < -0.39 is 17.6 Å². The van der Waals surface area contributed by atoms with E-state index in [1.54, 1.807) is 24.3 Å². The number of thiophene rings is 1. The van der Waals surface area contributed by atoms with Crippen molar-refractivity contribution in [2.75, 3.05) is 33.9 Å². The van der Waals surface area contributed by atoms with Gasteiger partial charge >= 0.3 is 11.9 Å². The van der Waals surface area contributed by atoms with Gasteiger partial charge < -0.3 is 24.2 Å². The molecule has 7 rings (SSSR count). The number of pyridine rings is 1. The lowest BCUT2D eigenvalue weighted by Gasteiger charge is -2.45. The van der Waals surface area contributed by atoms with Crippen molar-refractivity contribution in [2.45, 2.75) is 50.5 Å². The molecule has 10 nitrogen and oxygen atoms in total. The molecule has 0 aliphatic carbocycles. The number of piperidine rings is 3. The summed E-state index contributed by atoms with van der Waals surface area (Å²) in [5.74, 6) is 0.462. The third kappa shape index (κ3) is 7.87. The van der Waals surface area contributed by atoms with E-state index in [9.17, 15) is 14.8 Å². The van der Waals surface area contributed by atoms with Gasteiger partial charge in [-0.25, -0.2) is 9.59 Å². The molecule has 0 saturated carbocycles. The summed E-state index contributed by atoms with van der Waals surface area (Å²) in [6.45, 7) is 5.03. The van der Waals surface area contributed by atoms with E-state index in [1.807, 2.05) is 43.3 Å². The lowest BCUT2D eigenvalue weighted by atomic mass is 9.85. The van der Waals surface area contributed by atoms with Gasteiger partial charge in [0.1, 0.15) is 32.7 Å². The smallest absolute Gasteiger partial charge is 0.348 e. The first-order chi connectivity index (χ1) is 24.1. The van der Waals surface area contributed by atoms with Crippen molar-refractivity contribution in [3.63, 3.8) is 0 Å². The molecule has 4 aromatic rings. The number of hydrogen-bond acceptors (Lipinski definition) is 10. The van der Waals surface area contributed by atoms with Crippen LogP contribution in [0.3, 0.4) is 0 Å². The third-order valence-corrected chi connectivity index (χ3v) is 11.3. The van der Waals surface area contributed by atoms with Crippen molar-refractivity contribution in [3.05, 3.63) is 115 Å². The number of nitrogens with one attached hydrogen (secondary N) is 1. The molecule has 1 unspecified atom stereocenters. The summed E-state index contributed by atoms with van der Waals surface area (Å²) < 4.78 is 23.7. The molecule has 0 radical (unpaired) electrons. The van der Waals surface area contributed by atoms with E-state index in [0.717, 1.165) is 42.9 Å². The Kier molecular flexibility index (Phi) is 11.2. The number of nitrogens with zero attached hydrogens (tertiary/aromatic N) is 2. The van der Waals surface area contributed by atoms with Gasteiger partial charge in [-0.3, -0.25) is 10.2 Å². The molecular formula is C37H39Cl2N3O7S. The van der Waals surface area contributed by atoms with Crippen LogP contribution in [-0.2, 0) is 32.8 Å². The van der Waals surface area contributed by atoms with Crippen LogP contribution >= 0.6 is 34.5 Å². The highest BCUT2D eigenvalue weighted by atomic mass is 35.5. The Hall–Kier alpha value is -3.87. The van der Waals surface area contributed by atoms with Crippen LogP contribution in [0, 0.1) is 11.1 Å². The number of rotatable bonds is 13. The number of halogens is 2. The molecule has 264 valence electrons. The van der Waals surface area contributed by atoms with Crippen molar-refractivity contribution in [3.8, 4) is 11.5 Å². The second kappa shape index (κ2) is 15.6. The summed E-state index contributed by atoms with van der Waals surface area (Å²) in [7, 11) is 3.05. The Morgan fingerprint density at radius 2 is 1.72 bits per heavy atom. The molecule has 3 atom stereocenters. The number of carbonyl (C=O) groups is 2. The molecule has 1 N–H and O–H groups in total. The quantitative estimate of drug-likeness (QED) is 0.0935. The maximum atomic E-state index is 13.9. The highest BCUT2D eigenvalue weighted by Crippen LogP contribution is 2.36. The Labute approximate surface area is 305 Å². The summed E-state index contributed by atoms with van der Waals surface area (Å²) in [6.07, 6.45) is 3.61. The van der Waals surface area contributed by atoms with E-state index in [1.165, 1.54) is 38.0 Å². The predicted octanol–water partition coefficient (Wildman–Crippen LogP) is 6.49. The van der Waals surface area contributed by atoms with Crippen molar-refractivity contribution < 1.29 is 33.3 Å². The molecule has 13 heteroatoms. The molecule has 3 saturated heterocycles. The number of methoxy groups -OCH3 is 2. The second-order valence-corrected chi connectivity index (χ2v) is 14.7. The molecule has 50 heavy (non-hydrogen) atoms. The van der Waals surface area contributed by atoms with Crippen molar-refractivity contribution in [1.82, 2.24) is 10.2 Å². The Balaban J connectivity index is 1.20. The van der Waals surface area contributed by atoms with Gasteiger partial charge in [-0.05, 0) is 74.2 Å². The zero-order valence-electron chi connectivity index (χ0n) is 28.0. The zero-order valence-corrected chi connectivity index (χ0v) is 30.4. The van der Waals surface area contributed by atoms with Crippen LogP contribution in [0.2, 0.25) is 10.0 Å². The molecule has 2 aromatic carbocycles. The monoisotopic (exact) mass is 739 g/mol. The Bertz CT molecular complexity index is 1810. The van der Waals surface area contributed by atoms with Crippen LogP contribution in [0.1, 0.15) is 57.1 Å². The van der Waals surface area contributed by atoms with Crippen molar-refractivity contribution in [1.29, 1.82) is 0 Å². The molecule has 5 heterocycles. The maximum Gasteiger partial charge on any atom is 0.348 e. The van der Waals surface area contributed by atoms with Crippen LogP contribution in [0.15, 0.2) is 73.1 Å². The summed E-state index contributed by atoms with van der Waals surface area (Å²) in [6, 6.07) is 18.3. The van der Waals surface area contributed by atoms with Crippen molar-refractivity contribution in [2.24, 2.45) is 5.92 Å². The van der Waals surface area contributed by atoms with Gasteiger partial charge in [-0.1, -0.05) is 59.6 Å². The van der Waals surface area contributed by atoms with Gasteiger partial charge in [0.05, 0.1) is 14.2 Å². The topological polar surface area (TPSA) is 113 Å². The van der Waals surface area contributed by atoms with E-state index in [4.69, 9.17) is 42.1 Å². The Morgan fingerprint density at radius 3 is 2.36 bits per heavy atom. The third-order valence-electron chi connectivity index (χ3n) is 9.57. The lowest BCUT2D eigenvalue weighted by Crippen LogP contribution is -2.55. The van der Waals surface area contributed by atoms with Crippen LogP contribution in [-0.4, -0.2) is 56.8 Å². The number of fused-ring (bicyclic) bond motifs is 3. The van der Waals surface area contributed by atoms with E-state index >= 15 is 0 Å². The van der Waals surface area contributed by atoms with E-state index in [0.29, 0.717) is 44.7 Å². The van der Waals surface area contributed by atoms with Gasteiger partial charge in [-0.15, -0.1) is 11.3 Å². The first-order valence-corrected chi connectivity index (χ1v) is 18.0. The maximum absolute atomic E-state index is 13.9. The van der Waals surface area contributed by atoms with Gasteiger partial charge in [-0.2, -0.15) is 4.73 Å². The van der Waals surface area contributed by atoms with E-state index in [2.05, 4.69) is 10.2 Å². The normalized spacial score (nSPS) is 20.1. The molecule has 3 aliphatic heterocycles. The minimum absolute atomic E-state index is 0.0939. The van der Waals surface area contributed by atoms with Crippen LogP contribution in [0.25, 0.3) is 0 Å². The molecule has 2 bridgehead atoms. The first-order valence-electron chi connectivity index (χ1n) is 16.4. The lowest BCUT2D eigenvalue weighted by molar-refractivity contribution is -0.605. The fourth-order valence-electron chi connectivity index (χ4n) is 6.59. The van der Waals surface area contributed by atoms with E-state index in [-0.39, 0.29) is 28.5 Å². The minimum atomic E-state index is -1.12. The summed E-state index contributed by atoms with van der Waals surface area (Å²) in [5.41, 5.74) is 0.739. The molecule has 0 amide bonds. The summed E-state index contributed by atoms with van der Waals surface area (Å²) in [4.78, 5) is 31.1. The largest absolute Gasteiger partial charge is 0.619 e. The first kappa shape index (κ1) is 35.9. The van der Waals surface area contributed by atoms with Crippen molar-refractivity contribution >= 4 is 46.5 Å². The molecule has 3 fully saturated rings. The van der Waals surface area contributed by atoms with Crippen LogP contribution in [0.5, 0.6) is 11.5 Å². The Morgan fingerprint density at radius 1 is 1.02 bits per heavy atom. The highest BCUT2D eigenvalue weighted by molar-refractivity contribution is 7.13. The molecule has 2 aromatic heterocycles. The molecule has 0 spiro atoms. The second-order valence-electron chi connectivity index (χ2n) is 12.7. The number of aromatic nitrogens is 1. The molecular weight excluding hydrogens is 701 g/mol. The van der Waals surface area contributed by atoms with Crippen LogP contribution < -0.4 is 19.5 Å². The number of esters is 2. The number of carbonyl (C=O) groups excluding carboxylic acids is 2. The highest BCUT2D eigenvalue weighted by Gasteiger charge is 2.42. The molecule has 3 aliphatic rings. The standard InChI is InChI=1S/C37H39Cl2N3O7S/c1-37(25-7-5-4-6-8-25,36(44)49-33-22-41-15-13-23(33)14-16-41)40-19-26-10-12-34(50-26)35(43)48-31(18-27-28(38)20-42(45)21-29(27)39)24-9-11-30(46-2)32(17-24)47-3/h4-12,17,20-21,23,31,33,40H,13-16,18-19,22H2,1-3H3/t31?,33-,37-/m0/s1. The predicted molar refractivity (Wildman–Crippen MR) is 191 cm³/mol. The fraction of sp³-hybridized carbons (Fsp3) is 0.378. The number of hydrogen-bond donors (Lipinski definition) is 1. The fourth-order valence-corrected chi connectivity index (χ4v) is 8.02. The SMILES string of the molecule is COc1ccc(C(Cc2c(Cl)c[n+]([O-])cc2Cl)OC(=O)c2ccc(CN[C@](C)(C(=O)O[C@H]3CN4CCC3CC4)c3ccccc3)s2)cc1OC. The van der Waals surface area contributed by atoms with Crippen LogP contribution in [0.4, 0.5) is 0 Å². The zero-order chi connectivity index (χ0) is 35.4. The number of benzene rings is 2. The van der Waals surface area contributed by atoms with Gasteiger partial charge in [0.25, 0.3) is 0 Å². The van der Waals surface area contributed by atoms with Gasteiger partial charge in [0.2, 0.25) is 0 Å². The summed E-state index contributed by atoms with van der Waals surface area (Å²) >= 11 is 14.1. The van der Waals surface area contributed by atoms with Gasteiger partial charge in [0, 0.05) is 30.0 Å². The number of ether oxygens (including phenoxy) is 4. The van der Waals surface area contributed by atoms with Gasteiger partial charge in [0.15, 0.2) is 23.9 Å². The summed E-state index contributed by atoms with van der Waals surface area (Å²) in [5, 5.41) is 15.6. The average Bonchev–Trinajstić information content (AvgIpc) is 3.61. The average molecular weight is 741 g/mol.